The fraction of sp³-hybridized carbons (Fsp3) is 0.381. The molecule has 0 aliphatic carbocycles. The van der Waals surface area contributed by atoms with Gasteiger partial charge in [-0.3, -0.25) is 9.69 Å². The molecule has 25 heavy (non-hydrogen) atoms. The highest BCUT2D eigenvalue weighted by atomic mass is 16.5. The molecule has 2 aromatic carbocycles. The lowest BCUT2D eigenvalue weighted by Gasteiger charge is -2.20. The number of nitrogens with one attached hydrogen (secondary N) is 1. The van der Waals surface area contributed by atoms with Crippen molar-refractivity contribution in [1.29, 1.82) is 0 Å². The van der Waals surface area contributed by atoms with Crippen molar-refractivity contribution in [2.24, 2.45) is 0 Å². The molecule has 0 aliphatic rings. The minimum absolute atomic E-state index is 0.0304. The normalized spacial score (nSPS) is 10.7. The van der Waals surface area contributed by atoms with Crippen LogP contribution in [-0.2, 0) is 24.3 Å². The number of rotatable bonds is 9. The van der Waals surface area contributed by atoms with E-state index in [1.165, 1.54) is 11.1 Å². The van der Waals surface area contributed by atoms with E-state index in [0.29, 0.717) is 13.0 Å². The van der Waals surface area contributed by atoms with Gasteiger partial charge in [-0.2, -0.15) is 0 Å². The van der Waals surface area contributed by atoms with Crippen molar-refractivity contribution in [3.8, 4) is 5.75 Å². The van der Waals surface area contributed by atoms with Gasteiger partial charge in [0.2, 0.25) is 5.91 Å². The van der Waals surface area contributed by atoms with E-state index in [1.54, 1.807) is 7.11 Å². The topological polar surface area (TPSA) is 41.6 Å². The Morgan fingerprint density at radius 2 is 1.64 bits per heavy atom. The molecule has 134 valence electrons. The molecule has 2 rings (SSSR count). The second-order valence-corrected chi connectivity index (χ2v) is 6.03. The van der Waals surface area contributed by atoms with Crippen LogP contribution in [0.4, 0.5) is 0 Å². The van der Waals surface area contributed by atoms with Crippen molar-refractivity contribution in [3.05, 3.63) is 65.2 Å². The number of nitrogens with zero attached hydrogens (tertiary/aromatic N) is 1. The van der Waals surface area contributed by atoms with E-state index >= 15 is 0 Å². The van der Waals surface area contributed by atoms with Crippen LogP contribution in [0.25, 0.3) is 0 Å². The Morgan fingerprint density at radius 1 is 1.00 bits per heavy atom. The Hall–Kier alpha value is -2.33. The van der Waals surface area contributed by atoms with Crippen molar-refractivity contribution < 1.29 is 9.53 Å². The highest BCUT2D eigenvalue weighted by molar-refractivity contribution is 5.78. The molecule has 0 bridgehead atoms. The van der Waals surface area contributed by atoms with E-state index in [2.05, 4.69) is 42.3 Å². The molecule has 0 fully saturated rings. The number of carbonyl (C=O) groups is 1. The maximum absolute atomic E-state index is 12.2. The van der Waals surface area contributed by atoms with Crippen molar-refractivity contribution in [2.75, 3.05) is 20.2 Å². The summed E-state index contributed by atoms with van der Waals surface area (Å²) in [5, 5.41) is 3.04. The number of benzene rings is 2. The zero-order chi connectivity index (χ0) is 18.1. The van der Waals surface area contributed by atoms with Gasteiger partial charge < -0.3 is 10.1 Å². The summed E-state index contributed by atoms with van der Waals surface area (Å²) in [5.74, 6) is 0.831. The fourth-order valence-electron chi connectivity index (χ4n) is 2.76. The molecule has 2 aromatic rings. The number of carbonyl (C=O) groups excluding carboxylic acids is 1. The predicted octanol–water partition coefficient (Wildman–Crippen LogP) is 3.40. The predicted molar refractivity (Wildman–Crippen MR) is 102 cm³/mol. The van der Waals surface area contributed by atoms with E-state index in [1.807, 2.05) is 30.3 Å². The lowest BCUT2D eigenvalue weighted by molar-refractivity contribution is -0.120. The first-order valence-electron chi connectivity index (χ1n) is 8.85. The molecule has 1 N–H and O–H groups in total. The van der Waals surface area contributed by atoms with Crippen LogP contribution in [0.1, 0.15) is 30.5 Å². The van der Waals surface area contributed by atoms with Crippen LogP contribution in [0.2, 0.25) is 0 Å². The molecule has 0 atom stereocenters. The van der Waals surface area contributed by atoms with Gasteiger partial charge in [0.15, 0.2) is 0 Å². The third-order valence-electron chi connectivity index (χ3n) is 4.41. The SMILES string of the molecule is CCN(CC)Cc1ccccc1CNC(=O)Cc1ccc(OC)cc1. The quantitative estimate of drug-likeness (QED) is 0.761. The van der Waals surface area contributed by atoms with Gasteiger partial charge in [0.1, 0.15) is 5.75 Å². The van der Waals surface area contributed by atoms with Crippen LogP contribution < -0.4 is 10.1 Å². The molecule has 4 heteroatoms. The van der Waals surface area contributed by atoms with Gasteiger partial charge in [-0.25, -0.2) is 0 Å². The van der Waals surface area contributed by atoms with E-state index < -0.39 is 0 Å². The molecule has 4 nitrogen and oxygen atoms in total. The summed E-state index contributed by atoms with van der Waals surface area (Å²) in [6.07, 6.45) is 0.377. The Bertz CT molecular complexity index is 664. The first-order valence-corrected chi connectivity index (χ1v) is 8.85. The van der Waals surface area contributed by atoms with Crippen molar-refractivity contribution in [1.82, 2.24) is 10.2 Å². The molecule has 1 amide bonds. The highest BCUT2D eigenvalue weighted by Crippen LogP contribution is 2.13. The van der Waals surface area contributed by atoms with Crippen LogP contribution in [0.15, 0.2) is 48.5 Å². The van der Waals surface area contributed by atoms with E-state index in [9.17, 15) is 4.79 Å². The van der Waals surface area contributed by atoms with Crippen molar-refractivity contribution >= 4 is 5.91 Å². The second-order valence-electron chi connectivity index (χ2n) is 6.03. The molecule has 0 radical (unpaired) electrons. The Balaban J connectivity index is 1.92. The van der Waals surface area contributed by atoms with Gasteiger partial charge in [-0.1, -0.05) is 50.2 Å². The molecule has 0 saturated carbocycles. The minimum Gasteiger partial charge on any atom is -0.497 e. The monoisotopic (exact) mass is 340 g/mol. The Labute approximate surface area is 150 Å². The summed E-state index contributed by atoms with van der Waals surface area (Å²) in [4.78, 5) is 14.6. The van der Waals surface area contributed by atoms with Gasteiger partial charge in [-0.15, -0.1) is 0 Å². The summed E-state index contributed by atoms with van der Waals surface area (Å²) in [5.41, 5.74) is 3.43. The van der Waals surface area contributed by atoms with Crippen LogP contribution in [0.3, 0.4) is 0 Å². The summed E-state index contributed by atoms with van der Waals surface area (Å²) in [6.45, 7) is 7.86. The average Bonchev–Trinajstić information content (AvgIpc) is 2.65. The van der Waals surface area contributed by atoms with Gasteiger partial charge in [-0.05, 0) is 41.9 Å². The number of hydrogen-bond donors (Lipinski definition) is 1. The second kappa shape index (κ2) is 9.84. The van der Waals surface area contributed by atoms with Crippen LogP contribution in [0, 0.1) is 0 Å². The number of hydrogen-bond acceptors (Lipinski definition) is 3. The first-order chi connectivity index (χ1) is 12.2. The molecule has 0 spiro atoms. The van der Waals surface area contributed by atoms with Crippen molar-refractivity contribution in [2.45, 2.75) is 33.4 Å². The van der Waals surface area contributed by atoms with Gasteiger partial charge >= 0.3 is 0 Å². The fourth-order valence-corrected chi connectivity index (χ4v) is 2.76. The maximum Gasteiger partial charge on any atom is 0.224 e. The number of amides is 1. The summed E-state index contributed by atoms with van der Waals surface area (Å²) in [7, 11) is 1.64. The number of ether oxygens (including phenoxy) is 1. The minimum atomic E-state index is 0.0304. The molecule has 0 aliphatic heterocycles. The standard InChI is InChI=1S/C21H28N2O2/c1-4-23(5-2)16-19-9-7-6-8-18(19)15-22-21(24)14-17-10-12-20(25-3)13-11-17/h6-13H,4-5,14-16H2,1-3H3,(H,22,24). The highest BCUT2D eigenvalue weighted by Gasteiger charge is 2.08. The maximum atomic E-state index is 12.2. The third kappa shape index (κ3) is 5.91. The van der Waals surface area contributed by atoms with Crippen molar-refractivity contribution in [3.63, 3.8) is 0 Å². The van der Waals surface area contributed by atoms with Crippen LogP contribution >= 0.6 is 0 Å². The summed E-state index contributed by atoms with van der Waals surface area (Å²) >= 11 is 0. The van der Waals surface area contributed by atoms with E-state index in [4.69, 9.17) is 4.74 Å². The first kappa shape index (κ1) is 19.0. The molecule has 0 unspecified atom stereocenters. The Kier molecular flexibility index (Phi) is 7.48. The molecular formula is C21H28N2O2. The van der Waals surface area contributed by atoms with Gasteiger partial charge in [0.25, 0.3) is 0 Å². The van der Waals surface area contributed by atoms with E-state index in [-0.39, 0.29) is 5.91 Å². The smallest absolute Gasteiger partial charge is 0.224 e. The number of methoxy groups -OCH3 is 1. The zero-order valence-corrected chi connectivity index (χ0v) is 15.4. The van der Waals surface area contributed by atoms with Crippen LogP contribution in [-0.4, -0.2) is 31.0 Å². The molecule has 0 saturated heterocycles. The molecular weight excluding hydrogens is 312 g/mol. The zero-order valence-electron chi connectivity index (χ0n) is 15.4. The average molecular weight is 340 g/mol. The lowest BCUT2D eigenvalue weighted by atomic mass is 10.1. The van der Waals surface area contributed by atoms with Gasteiger partial charge in [0.05, 0.1) is 13.5 Å². The summed E-state index contributed by atoms with van der Waals surface area (Å²) < 4.78 is 5.14. The Morgan fingerprint density at radius 3 is 2.24 bits per heavy atom. The third-order valence-corrected chi connectivity index (χ3v) is 4.41. The van der Waals surface area contributed by atoms with Crippen LogP contribution in [0.5, 0.6) is 5.75 Å². The lowest BCUT2D eigenvalue weighted by Crippen LogP contribution is -2.27. The largest absolute Gasteiger partial charge is 0.497 e. The summed E-state index contributed by atoms with van der Waals surface area (Å²) in [6, 6.07) is 15.9. The molecule has 0 heterocycles. The van der Waals surface area contributed by atoms with E-state index in [0.717, 1.165) is 30.9 Å². The molecule has 0 aromatic heterocycles. The van der Waals surface area contributed by atoms with Gasteiger partial charge in [0, 0.05) is 13.1 Å².